The number of benzene rings is 2. The molecule has 0 spiro atoms. The number of anilines is 2. The highest BCUT2D eigenvalue weighted by molar-refractivity contribution is 5.95. The SMILES string of the molecule is O=C(CCCc1c[nH]c2ccccc12)Nc1ccc(N2CCNC2=O)cc1. The van der Waals surface area contributed by atoms with Crippen molar-refractivity contribution >= 4 is 34.2 Å². The average molecular weight is 362 g/mol. The van der Waals surface area contributed by atoms with Crippen molar-refractivity contribution in [1.29, 1.82) is 0 Å². The third kappa shape index (κ3) is 3.79. The van der Waals surface area contributed by atoms with Crippen molar-refractivity contribution in [3.63, 3.8) is 0 Å². The zero-order valence-electron chi connectivity index (χ0n) is 15.0. The van der Waals surface area contributed by atoms with Crippen LogP contribution in [0.4, 0.5) is 16.2 Å². The first kappa shape index (κ1) is 17.1. The number of H-pyrrole nitrogens is 1. The molecule has 27 heavy (non-hydrogen) atoms. The van der Waals surface area contributed by atoms with Gasteiger partial charge in [-0.2, -0.15) is 0 Å². The van der Waals surface area contributed by atoms with Gasteiger partial charge in [-0.3, -0.25) is 9.69 Å². The lowest BCUT2D eigenvalue weighted by Gasteiger charge is -2.14. The topological polar surface area (TPSA) is 77.2 Å². The van der Waals surface area contributed by atoms with Gasteiger partial charge in [-0.15, -0.1) is 0 Å². The van der Waals surface area contributed by atoms with Crippen molar-refractivity contribution in [3.8, 4) is 0 Å². The summed E-state index contributed by atoms with van der Waals surface area (Å²) in [6, 6.07) is 15.5. The highest BCUT2D eigenvalue weighted by Gasteiger charge is 2.20. The first-order valence-electron chi connectivity index (χ1n) is 9.21. The van der Waals surface area contributed by atoms with Gasteiger partial charge in [-0.05, 0) is 48.7 Å². The summed E-state index contributed by atoms with van der Waals surface area (Å²) in [6.07, 6.45) is 4.14. The molecule has 0 bridgehead atoms. The predicted molar refractivity (Wildman–Crippen MR) is 107 cm³/mol. The molecule has 138 valence electrons. The van der Waals surface area contributed by atoms with Crippen LogP contribution in [0.2, 0.25) is 0 Å². The van der Waals surface area contributed by atoms with Crippen LogP contribution in [0.1, 0.15) is 18.4 Å². The summed E-state index contributed by atoms with van der Waals surface area (Å²) in [5, 5.41) is 6.92. The normalized spacial score (nSPS) is 13.8. The van der Waals surface area contributed by atoms with E-state index in [1.165, 1.54) is 10.9 Å². The smallest absolute Gasteiger partial charge is 0.321 e. The molecule has 1 saturated heterocycles. The maximum Gasteiger partial charge on any atom is 0.321 e. The molecule has 3 N–H and O–H groups in total. The van der Waals surface area contributed by atoms with Crippen LogP contribution in [-0.4, -0.2) is 30.0 Å². The van der Waals surface area contributed by atoms with E-state index < -0.39 is 0 Å². The zero-order chi connectivity index (χ0) is 18.6. The number of amides is 3. The molecule has 0 atom stereocenters. The predicted octanol–water partition coefficient (Wildman–Crippen LogP) is 3.66. The summed E-state index contributed by atoms with van der Waals surface area (Å²) in [7, 11) is 0. The average Bonchev–Trinajstić information content (AvgIpc) is 3.29. The molecule has 2 heterocycles. The summed E-state index contributed by atoms with van der Waals surface area (Å²) < 4.78 is 0. The van der Waals surface area contributed by atoms with E-state index in [-0.39, 0.29) is 11.9 Å². The number of aromatic amines is 1. The number of carbonyl (C=O) groups excluding carboxylic acids is 2. The molecule has 1 aliphatic rings. The van der Waals surface area contributed by atoms with Crippen LogP contribution < -0.4 is 15.5 Å². The lowest BCUT2D eigenvalue weighted by atomic mass is 10.1. The first-order chi connectivity index (χ1) is 13.2. The minimum absolute atomic E-state index is 0.00140. The minimum Gasteiger partial charge on any atom is -0.361 e. The maximum atomic E-state index is 12.2. The molecular weight excluding hydrogens is 340 g/mol. The van der Waals surface area contributed by atoms with Crippen molar-refractivity contribution in [3.05, 3.63) is 60.3 Å². The number of hydrogen-bond acceptors (Lipinski definition) is 2. The third-order valence-corrected chi connectivity index (χ3v) is 4.84. The number of para-hydroxylation sites is 1. The van der Waals surface area contributed by atoms with E-state index in [0.29, 0.717) is 19.5 Å². The largest absolute Gasteiger partial charge is 0.361 e. The fraction of sp³-hybridized carbons (Fsp3) is 0.238. The number of nitrogens with zero attached hydrogens (tertiary/aromatic N) is 1. The van der Waals surface area contributed by atoms with E-state index in [4.69, 9.17) is 0 Å². The summed E-state index contributed by atoms with van der Waals surface area (Å²) in [6.45, 7) is 1.33. The minimum atomic E-state index is -0.0796. The Morgan fingerprint density at radius 1 is 1.11 bits per heavy atom. The number of fused-ring (bicyclic) bond motifs is 1. The Labute approximate surface area is 157 Å². The van der Waals surface area contributed by atoms with Crippen molar-refractivity contribution in [2.45, 2.75) is 19.3 Å². The molecule has 3 amide bonds. The third-order valence-electron chi connectivity index (χ3n) is 4.84. The molecule has 0 radical (unpaired) electrons. The number of nitrogens with one attached hydrogen (secondary N) is 3. The van der Waals surface area contributed by atoms with E-state index in [2.05, 4.69) is 27.8 Å². The molecular formula is C21H22N4O2. The van der Waals surface area contributed by atoms with Gasteiger partial charge in [0, 0.05) is 48.0 Å². The number of aryl methyl sites for hydroxylation is 1. The lowest BCUT2D eigenvalue weighted by Crippen LogP contribution is -2.27. The number of urea groups is 1. The second kappa shape index (κ2) is 7.53. The Hall–Kier alpha value is -3.28. The molecule has 0 aliphatic carbocycles. The molecule has 6 heteroatoms. The molecule has 1 aliphatic heterocycles. The molecule has 4 rings (SSSR count). The molecule has 0 saturated carbocycles. The van der Waals surface area contributed by atoms with Gasteiger partial charge in [-0.1, -0.05) is 18.2 Å². The number of rotatable bonds is 6. The fourth-order valence-corrected chi connectivity index (χ4v) is 3.44. The number of hydrogen-bond donors (Lipinski definition) is 3. The Morgan fingerprint density at radius 2 is 1.93 bits per heavy atom. The Morgan fingerprint density at radius 3 is 2.70 bits per heavy atom. The summed E-state index contributed by atoms with van der Waals surface area (Å²) in [4.78, 5) is 28.8. The van der Waals surface area contributed by atoms with Gasteiger partial charge in [0.15, 0.2) is 0 Å². The van der Waals surface area contributed by atoms with Gasteiger partial charge in [0.2, 0.25) is 5.91 Å². The molecule has 3 aromatic rings. The van der Waals surface area contributed by atoms with E-state index in [0.717, 1.165) is 29.7 Å². The fourth-order valence-electron chi connectivity index (χ4n) is 3.44. The second-order valence-electron chi connectivity index (χ2n) is 6.69. The van der Waals surface area contributed by atoms with Crippen LogP contribution in [0.15, 0.2) is 54.7 Å². The van der Waals surface area contributed by atoms with E-state index >= 15 is 0 Å². The molecule has 2 aromatic carbocycles. The standard InChI is InChI=1S/C21H22N4O2/c26-20(7-3-4-15-14-23-19-6-2-1-5-18(15)19)24-16-8-10-17(11-9-16)25-13-12-22-21(25)27/h1-2,5-6,8-11,14,23H,3-4,7,12-13H2,(H,22,27)(H,24,26). The zero-order valence-corrected chi connectivity index (χ0v) is 15.0. The van der Waals surface area contributed by atoms with Crippen LogP contribution >= 0.6 is 0 Å². The summed E-state index contributed by atoms with van der Waals surface area (Å²) >= 11 is 0. The molecule has 1 aromatic heterocycles. The number of carbonyl (C=O) groups is 2. The number of aromatic nitrogens is 1. The first-order valence-corrected chi connectivity index (χ1v) is 9.21. The van der Waals surface area contributed by atoms with E-state index in [9.17, 15) is 9.59 Å². The van der Waals surface area contributed by atoms with E-state index in [1.54, 1.807) is 4.90 Å². The highest BCUT2D eigenvalue weighted by atomic mass is 16.2. The summed E-state index contributed by atoms with van der Waals surface area (Å²) in [5.41, 5.74) is 3.95. The van der Waals surface area contributed by atoms with Gasteiger partial charge >= 0.3 is 6.03 Å². The van der Waals surface area contributed by atoms with Crippen LogP contribution in [0.5, 0.6) is 0 Å². The Bertz CT molecular complexity index is 962. The van der Waals surface area contributed by atoms with Crippen molar-refractivity contribution < 1.29 is 9.59 Å². The van der Waals surface area contributed by atoms with Crippen LogP contribution in [0, 0.1) is 0 Å². The Kier molecular flexibility index (Phi) is 4.78. The van der Waals surface area contributed by atoms with Gasteiger partial charge in [0.1, 0.15) is 0 Å². The Balaban J connectivity index is 1.28. The van der Waals surface area contributed by atoms with Crippen LogP contribution in [0.3, 0.4) is 0 Å². The van der Waals surface area contributed by atoms with Crippen molar-refractivity contribution in [2.75, 3.05) is 23.3 Å². The van der Waals surface area contributed by atoms with Gasteiger partial charge in [-0.25, -0.2) is 4.79 Å². The van der Waals surface area contributed by atoms with Gasteiger partial charge < -0.3 is 15.6 Å². The van der Waals surface area contributed by atoms with Gasteiger partial charge in [0.05, 0.1) is 0 Å². The van der Waals surface area contributed by atoms with E-state index in [1.807, 2.05) is 42.6 Å². The van der Waals surface area contributed by atoms with Crippen LogP contribution in [-0.2, 0) is 11.2 Å². The second-order valence-corrected chi connectivity index (χ2v) is 6.69. The molecule has 6 nitrogen and oxygen atoms in total. The summed E-state index contributed by atoms with van der Waals surface area (Å²) in [5.74, 6) is 0.00140. The lowest BCUT2D eigenvalue weighted by molar-refractivity contribution is -0.116. The van der Waals surface area contributed by atoms with Crippen molar-refractivity contribution in [1.82, 2.24) is 10.3 Å². The monoisotopic (exact) mass is 362 g/mol. The van der Waals surface area contributed by atoms with Crippen LogP contribution in [0.25, 0.3) is 10.9 Å². The molecule has 0 unspecified atom stereocenters. The molecule has 1 fully saturated rings. The maximum absolute atomic E-state index is 12.2. The van der Waals surface area contributed by atoms with Crippen molar-refractivity contribution in [2.24, 2.45) is 0 Å². The van der Waals surface area contributed by atoms with Gasteiger partial charge in [0.25, 0.3) is 0 Å². The quantitative estimate of drug-likeness (QED) is 0.626. The highest BCUT2D eigenvalue weighted by Crippen LogP contribution is 2.21.